The van der Waals surface area contributed by atoms with Gasteiger partial charge in [0.05, 0.1) is 5.54 Å². The monoisotopic (exact) mass is 268 g/mol. The van der Waals surface area contributed by atoms with E-state index in [1.807, 2.05) is 19.1 Å². The molecule has 1 aromatic rings. The van der Waals surface area contributed by atoms with Crippen LogP contribution in [0.25, 0.3) is 0 Å². The van der Waals surface area contributed by atoms with Crippen LogP contribution in [0.15, 0.2) is 18.3 Å². The third-order valence-corrected chi connectivity index (χ3v) is 3.79. The van der Waals surface area contributed by atoms with Crippen LogP contribution >= 0.6 is 15.9 Å². The average molecular weight is 269 g/mol. The van der Waals surface area contributed by atoms with Gasteiger partial charge in [-0.3, -0.25) is 9.78 Å². The summed E-state index contributed by atoms with van der Waals surface area (Å²) in [6.45, 7) is 1.90. The van der Waals surface area contributed by atoms with Gasteiger partial charge in [-0.1, -0.05) is 22.0 Å². The Hall–Kier alpha value is -0.900. The maximum absolute atomic E-state index is 11.9. The molecule has 0 unspecified atom stereocenters. The summed E-state index contributed by atoms with van der Waals surface area (Å²) in [6, 6.07) is 3.74. The molecule has 1 aliphatic carbocycles. The van der Waals surface area contributed by atoms with Gasteiger partial charge in [0.1, 0.15) is 5.69 Å². The van der Waals surface area contributed by atoms with Crippen LogP contribution in [0.1, 0.15) is 28.9 Å². The largest absolute Gasteiger partial charge is 0.344 e. The number of halogens is 1. The molecule has 0 spiro atoms. The number of carbonyl (C=O) groups excluding carboxylic acids is 1. The first-order valence-electron chi connectivity index (χ1n) is 4.97. The first-order chi connectivity index (χ1) is 7.17. The average Bonchev–Trinajstić information content (AvgIpc) is 2.99. The molecule has 15 heavy (non-hydrogen) atoms. The lowest BCUT2D eigenvalue weighted by Gasteiger charge is -2.14. The summed E-state index contributed by atoms with van der Waals surface area (Å²) in [5.41, 5.74) is 1.44. The molecule has 1 aromatic heterocycles. The van der Waals surface area contributed by atoms with Crippen LogP contribution in [-0.2, 0) is 0 Å². The maximum atomic E-state index is 11.9. The number of alkyl halides is 1. The first kappa shape index (κ1) is 10.6. The van der Waals surface area contributed by atoms with Crippen molar-refractivity contribution >= 4 is 21.8 Å². The topological polar surface area (TPSA) is 42.0 Å². The molecule has 1 amide bonds. The van der Waals surface area contributed by atoms with E-state index >= 15 is 0 Å². The summed E-state index contributed by atoms with van der Waals surface area (Å²) in [5.74, 6) is -0.0648. The van der Waals surface area contributed by atoms with Crippen molar-refractivity contribution < 1.29 is 4.79 Å². The molecular formula is C11H13BrN2O. The summed E-state index contributed by atoms with van der Waals surface area (Å²) < 4.78 is 0. The van der Waals surface area contributed by atoms with Gasteiger partial charge in [-0.15, -0.1) is 0 Å². The van der Waals surface area contributed by atoms with Crippen molar-refractivity contribution in [2.24, 2.45) is 0 Å². The number of aryl methyl sites for hydroxylation is 1. The summed E-state index contributed by atoms with van der Waals surface area (Å²) in [4.78, 5) is 16.0. The highest BCUT2D eigenvalue weighted by atomic mass is 79.9. The molecule has 0 aromatic carbocycles. The predicted molar refractivity (Wildman–Crippen MR) is 62.2 cm³/mol. The molecule has 4 heteroatoms. The van der Waals surface area contributed by atoms with E-state index < -0.39 is 0 Å². The SMILES string of the molecule is Cc1cccnc1C(=O)NC1(CBr)CC1. The fourth-order valence-electron chi connectivity index (χ4n) is 1.47. The zero-order valence-electron chi connectivity index (χ0n) is 8.59. The van der Waals surface area contributed by atoms with E-state index in [0.29, 0.717) is 5.69 Å². The van der Waals surface area contributed by atoms with Gasteiger partial charge < -0.3 is 5.32 Å². The smallest absolute Gasteiger partial charge is 0.270 e. The van der Waals surface area contributed by atoms with E-state index in [2.05, 4.69) is 26.2 Å². The summed E-state index contributed by atoms with van der Waals surface area (Å²) in [6.07, 6.45) is 3.75. The fraction of sp³-hybridized carbons (Fsp3) is 0.455. The Morgan fingerprint density at radius 2 is 2.40 bits per heavy atom. The summed E-state index contributed by atoms with van der Waals surface area (Å²) >= 11 is 3.42. The van der Waals surface area contributed by atoms with Crippen molar-refractivity contribution in [2.45, 2.75) is 25.3 Å². The highest BCUT2D eigenvalue weighted by Crippen LogP contribution is 2.37. The van der Waals surface area contributed by atoms with E-state index in [-0.39, 0.29) is 11.4 Å². The number of nitrogens with one attached hydrogen (secondary N) is 1. The molecule has 0 bridgehead atoms. The van der Waals surface area contributed by atoms with Gasteiger partial charge in [0.25, 0.3) is 5.91 Å². The fourth-order valence-corrected chi connectivity index (χ4v) is 2.17. The zero-order valence-corrected chi connectivity index (χ0v) is 10.2. The van der Waals surface area contributed by atoms with E-state index in [4.69, 9.17) is 0 Å². The van der Waals surface area contributed by atoms with Crippen molar-refractivity contribution in [1.29, 1.82) is 0 Å². The number of pyridine rings is 1. The van der Waals surface area contributed by atoms with Crippen LogP contribution in [0, 0.1) is 6.92 Å². The number of aromatic nitrogens is 1. The molecule has 1 aliphatic rings. The molecule has 1 saturated carbocycles. The highest BCUT2D eigenvalue weighted by molar-refractivity contribution is 9.09. The molecule has 0 saturated heterocycles. The molecule has 0 atom stereocenters. The van der Waals surface area contributed by atoms with Crippen molar-refractivity contribution in [3.05, 3.63) is 29.6 Å². The molecule has 80 valence electrons. The quantitative estimate of drug-likeness (QED) is 0.853. The van der Waals surface area contributed by atoms with Crippen molar-refractivity contribution in [3.8, 4) is 0 Å². The second-order valence-electron chi connectivity index (χ2n) is 4.04. The van der Waals surface area contributed by atoms with Gasteiger partial charge in [0, 0.05) is 11.5 Å². The van der Waals surface area contributed by atoms with Gasteiger partial charge >= 0.3 is 0 Å². The standard InChI is InChI=1S/C11H13BrN2O/c1-8-3-2-6-13-9(8)10(15)14-11(7-12)4-5-11/h2-3,6H,4-5,7H2,1H3,(H,14,15). The summed E-state index contributed by atoms with van der Waals surface area (Å²) in [7, 11) is 0. The van der Waals surface area contributed by atoms with E-state index in [1.165, 1.54) is 0 Å². The number of hydrogen-bond acceptors (Lipinski definition) is 2. The Kier molecular flexibility index (Phi) is 2.78. The Morgan fingerprint density at radius 3 is 2.93 bits per heavy atom. The minimum absolute atomic E-state index is 0.0129. The molecule has 2 rings (SSSR count). The second-order valence-corrected chi connectivity index (χ2v) is 4.60. The van der Waals surface area contributed by atoms with E-state index in [9.17, 15) is 4.79 Å². The predicted octanol–water partition coefficient (Wildman–Crippen LogP) is 2.05. The number of rotatable bonds is 3. The van der Waals surface area contributed by atoms with Gasteiger partial charge in [-0.2, -0.15) is 0 Å². The zero-order chi connectivity index (χ0) is 10.9. The van der Waals surface area contributed by atoms with Crippen molar-refractivity contribution in [2.75, 3.05) is 5.33 Å². The minimum atomic E-state index is -0.0648. The summed E-state index contributed by atoms with van der Waals surface area (Å²) in [5, 5.41) is 3.84. The third-order valence-electron chi connectivity index (χ3n) is 2.71. The maximum Gasteiger partial charge on any atom is 0.270 e. The number of carbonyl (C=O) groups is 1. The Bertz CT molecular complexity index is 388. The van der Waals surface area contributed by atoms with Gasteiger partial charge in [0.15, 0.2) is 0 Å². The third kappa shape index (κ3) is 2.20. The number of hydrogen-bond donors (Lipinski definition) is 1. The number of nitrogens with zero attached hydrogens (tertiary/aromatic N) is 1. The lowest BCUT2D eigenvalue weighted by molar-refractivity contribution is 0.0931. The van der Waals surface area contributed by atoms with Crippen LogP contribution in [-0.4, -0.2) is 21.8 Å². The van der Waals surface area contributed by atoms with Gasteiger partial charge in [0.2, 0.25) is 0 Å². The number of amides is 1. The Labute approximate surface area is 97.4 Å². The lowest BCUT2D eigenvalue weighted by atomic mass is 10.2. The molecular weight excluding hydrogens is 256 g/mol. The molecule has 1 N–H and O–H groups in total. The van der Waals surface area contributed by atoms with Crippen LogP contribution in [0.2, 0.25) is 0 Å². The highest BCUT2D eigenvalue weighted by Gasteiger charge is 2.43. The minimum Gasteiger partial charge on any atom is -0.344 e. The van der Waals surface area contributed by atoms with Gasteiger partial charge in [-0.05, 0) is 31.4 Å². The van der Waals surface area contributed by atoms with Crippen LogP contribution in [0.3, 0.4) is 0 Å². The van der Waals surface area contributed by atoms with E-state index in [1.54, 1.807) is 6.20 Å². The van der Waals surface area contributed by atoms with Crippen molar-refractivity contribution in [1.82, 2.24) is 10.3 Å². The molecule has 0 aliphatic heterocycles. The molecule has 1 fully saturated rings. The second kappa shape index (κ2) is 3.93. The molecule has 1 heterocycles. The molecule has 3 nitrogen and oxygen atoms in total. The van der Waals surface area contributed by atoms with Crippen molar-refractivity contribution in [3.63, 3.8) is 0 Å². The van der Waals surface area contributed by atoms with Crippen LogP contribution in [0.4, 0.5) is 0 Å². The van der Waals surface area contributed by atoms with E-state index in [0.717, 1.165) is 23.7 Å². The van der Waals surface area contributed by atoms with Gasteiger partial charge in [-0.25, -0.2) is 0 Å². The molecule has 0 radical (unpaired) electrons. The first-order valence-corrected chi connectivity index (χ1v) is 6.09. The normalized spacial score (nSPS) is 17.2. The Balaban J connectivity index is 2.12. The van der Waals surface area contributed by atoms with Crippen LogP contribution in [0.5, 0.6) is 0 Å². The Morgan fingerprint density at radius 1 is 1.67 bits per heavy atom. The van der Waals surface area contributed by atoms with Crippen LogP contribution < -0.4 is 5.32 Å². The lowest BCUT2D eigenvalue weighted by Crippen LogP contribution is -2.38.